The number of para-hydroxylation sites is 1. The summed E-state index contributed by atoms with van der Waals surface area (Å²) in [5, 5.41) is 12.0. The highest BCUT2D eigenvalue weighted by atomic mass is 16.5. The van der Waals surface area contributed by atoms with Crippen LogP contribution in [0.4, 0.5) is 5.69 Å². The molecule has 0 bridgehead atoms. The Bertz CT molecular complexity index is 771. The summed E-state index contributed by atoms with van der Waals surface area (Å²) < 4.78 is 5.52. The average molecular weight is 320 g/mol. The van der Waals surface area contributed by atoms with E-state index in [0.717, 1.165) is 23.3 Å². The number of aryl methyl sites for hydroxylation is 1. The number of carbonyl (C=O) groups is 1. The first-order valence-corrected chi connectivity index (χ1v) is 7.85. The largest absolute Gasteiger partial charge is 0.494 e. The molecule has 24 heavy (non-hydrogen) atoms. The van der Waals surface area contributed by atoms with Gasteiger partial charge in [0.05, 0.1) is 6.61 Å². The smallest absolute Gasteiger partial charge is 0.266 e. The number of nitrogens with one attached hydrogen (secondary N) is 1. The summed E-state index contributed by atoms with van der Waals surface area (Å²) in [5.74, 6) is 0.356. The van der Waals surface area contributed by atoms with Crippen molar-refractivity contribution in [3.63, 3.8) is 0 Å². The van der Waals surface area contributed by atoms with Gasteiger partial charge in [0, 0.05) is 5.69 Å². The highest BCUT2D eigenvalue weighted by Gasteiger charge is 2.10. The number of anilines is 1. The molecule has 4 nitrogen and oxygen atoms in total. The minimum Gasteiger partial charge on any atom is -0.494 e. The van der Waals surface area contributed by atoms with Crippen molar-refractivity contribution in [1.82, 2.24) is 0 Å². The molecular weight excluding hydrogens is 300 g/mol. The van der Waals surface area contributed by atoms with E-state index in [-0.39, 0.29) is 5.57 Å². The van der Waals surface area contributed by atoms with E-state index in [0.29, 0.717) is 12.3 Å². The van der Waals surface area contributed by atoms with Gasteiger partial charge < -0.3 is 10.1 Å². The second kappa shape index (κ2) is 8.54. The van der Waals surface area contributed by atoms with Crippen LogP contribution >= 0.6 is 0 Å². The molecule has 0 saturated heterocycles. The van der Waals surface area contributed by atoms with Gasteiger partial charge in [0.25, 0.3) is 5.91 Å². The summed E-state index contributed by atoms with van der Waals surface area (Å²) in [6, 6.07) is 16.7. The Balaban J connectivity index is 2.12. The molecule has 0 heterocycles. The second-order valence-electron chi connectivity index (χ2n) is 5.36. The van der Waals surface area contributed by atoms with Crippen LogP contribution in [0, 0.1) is 18.3 Å². The summed E-state index contributed by atoms with van der Waals surface area (Å²) in [4.78, 5) is 12.3. The summed E-state index contributed by atoms with van der Waals surface area (Å²) >= 11 is 0. The lowest BCUT2D eigenvalue weighted by molar-refractivity contribution is -0.112. The summed E-state index contributed by atoms with van der Waals surface area (Å²) in [6.45, 7) is 4.61. The highest BCUT2D eigenvalue weighted by Crippen LogP contribution is 2.17. The lowest BCUT2D eigenvalue weighted by atomic mass is 10.1. The molecule has 0 radical (unpaired) electrons. The van der Waals surface area contributed by atoms with Gasteiger partial charge >= 0.3 is 0 Å². The number of ether oxygens (including phenoxy) is 1. The van der Waals surface area contributed by atoms with E-state index in [1.54, 1.807) is 6.08 Å². The van der Waals surface area contributed by atoms with E-state index >= 15 is 0 Å². The van der Waals surface area contributed by atoms with Crippen molar-refractivity contribution < 1.29 is 9.53 Å². The van der Waals surface area contributed by atoms with Crippen LogP contribution in [0.25, 0.3) is 6.08 Å². The number of carbonyl (C=O) groups excluding carboxylic acids is 1. The number of nitriles is 1. The molecule has 0 atom stereocenters. The molecule has 0 aliphatic heterocycles. The topological polar surface area (TPSA) is 62.1 Å². The third-order valence-electron chi connectivity index (χ3n) is 3.42. The zero-order valence-electron chi connectivity index (χ0n) is 13.9. The molecule has 0 fully saturated rings. The van der Waals surface area contributed by atoms with E-state index in [4.69, 9.17) is 4.74 Å². The molecule has 2 aromatic carbocycles. The quantitative estimate of drug-likeness (QED) is 0.636. The number of rotatable bonds is 6. The predicted octanol–water partition coefficient (Wildman–Crippen LogP) is 4.33. The van der Waals surface area contributed by atoms with Crippen molar-refractivity contribution in [2.45, 2.75) is 20.3 Å². The fraction of sp³-hybridized carbons (Fsp3) is 0.200. The lowest BCUT2D eigenvalue weighted by Gasteiger charge is -2.07. The summed E-state index contributed by atoms with van der Waals surface area (Å²) in [5.41, 5.74) is 2.48. The third-order valence-corrected chi connectivity index (χ3v) is 3.42. The fourth-order valence-electron chi connectivity index (χ4n) is 2.10. The third kappa shape index (κ3) is 4.72. The number of amides is 1. The SMILES string of the molecule is CCCOc1ccc(/C=C(/C#N)C(=O)Nc2ccccc2C)cc1. The molecule has 122 valence electrons. The van der Waals surface area contributed by atoms with Crippen molar-refractivity contribution in [3.05, 3.63) is 65.2 Å². The molecule has 0 aliphatic carbocycles. The summed E-state index contributed by atoms with van der Waals surface area (Å²) in [6.07, 6.45) is 2.51. The van der Waals surface area contributed by atoms with Gasteiger partial charge in [0.2, 0.25) is 0 Å². The molecule has 4 heteroatoms. The Morgan fingerprint density at radius 3 is 2.54 bits per heavy atom. The molecule has 0 aliphatic rings. The molecular formula is C20H20N2O2. The molecule has 2 rings (SSSR count). The molecule has 0 spiro atoms. The Morgan fingerprint density at radius 1 is 1.21 bits per heavy atom. The molecule has 0 aromatic heterocycles. The Kier molecular flexibility index (Phi) is 6.16. The van der Waals surface area contributed by atoms with Gasteiger partial charge in [0.15, 0.2) is 0 Å². The van der Waals surface area contributed by atoms with Gasteiger partial charge in [-0.05, 0) is 48.7 Å². The minimum absolute atomic E-state index is 0.0560. The fourth-order valence-corrected chi connectivity index (χ4v) is 2.10. The second-order valence-corrected chi connectivity index (χ2v) is 5.36. The van der Waals surface area contributed by atoms with E-state index < -0.39 is 5.91 Å². The molecule has 1 N–H and O–H groups in total. The van der Waals surface area contributed by atoms with Gasteiger partial charge in [0.1, 0.15) is 17.4 Å². The normalized spacial score (nSPS) is 10.8. The van der Waals surface area contributed by atoms with Crippen molar-refractivity contribution in [3.8, 4) is 11.8 Å². The molecule has 0 saturated carbocycles. The molecule has 2 aromatic rings. The number of benzene rings is 2. The van der Waals surface area contributed by atoms with Gasteiger partial charge in [-0.15, -0.1) is 0 Å². The van der Waals surface area contributed by atoms with Gasteiger partial charge in [-0.3, -0.25) is 4.79 Å². The predicted molar refractivity (Wildman–Crippen MR) is 95.6 cm³/mol. The zero-order chi connectivity index (χ0) is 17.4. The van der Waals surface area contributed by atoms with E-state index in [1.807, 2.05) is 68.4 Å². The maximum atomic E-state index is 12.3. The van der Waals surface area contributed by atoms with E-state index in [1.165, 1.54) is 0 Å². The Morgan fingerprint density at radius 2 is 1.92 bits per heavy atom. The molecule has 0 unspecified atom stereocenters. The van der Waals surface area contributed by atoms with Crippen molar-refractivity contribution in [2.24, 2.45) is 0 Å². The van der Waals surface area contributed by atoms with Crippen LogP contribution in [0.3, 0.4) is 0 Å². The van der Waals surface area contributed by atoms with Crippen LogP contribution in [0.15, 0.2) is 54.1 Å². The van der Waals surface area contributed by atoms with Gasteiger partial charge in [-0.25, -0.2) is 0 Å². The number of hydrogen-bond donors (Lipinski definition) is 1. The van der Waals surface area contributed by atoms with Crippen molar-refractivity contribution in [2.75, 3.05) is 11.9 Å². The number of hydrogen-bond acceptors (Lipinski definition) is 3. The Hall–Kier alpha value is -3.06. The van der Waals surface area contributed by atoms with Crippen molar-refractivity contribution >= 4 is 17.7 Å². The van der Waals surface area contributed by atoms with Crippen LogP contribution in [-0.2, 0) is 4.79 Å². The maximum absolute atomic E-state index is 12.3. The Labute approximate surface area is 142 Å². The highest BCUT2D eigenvalue weighted by molar-refractivity contribution is 6.09. The summed E-state index contributed by atoms with van der Waals surface area (Å²) in [7, 11) is 0. The first kappa shape index (κ1) is 17.3. The van der Waals surface area contributed by atoms with E-state index in [9.17, 15) is 10.1 Å². The zero-order valence-corrected chi connectivity index (χ0v) is 13.9. The van der Waals surface area contributed by atoms with Gasteiger partial charge in [-0.1, -0.05) is 37.3 Å². The molecule has 1 amide bonds. The maximum Gasteiger partial charge on any atom is 0.266 e. The number of nitrogens with zero attached hydrogens (tertiary/aromatic N) is 1. The van der Waals surface area contributed by atoms with Crippen LogP contribution < -0.4 is 10.1 Å². The van der Waals surface area contributed by atoms with E-state index in [2.05, 4.69) is 5.32 Å². The van der Waals surface area contributed by atoms with Crippen LogP contribution in [0.2, 0.25) is 0 Å². The minimum atomic E-state index is -0.418. The van der Waals surface area contributed by atoms with Crippen LogP contribution in [-0.4, -0.2) is 12.5 Å². The standard InChI is InChI=1S/C20H20N2O2/c1-3-12-24-18-10-8-16(9-11-18)13-17(14-21)20(23)22-19-7-5-4-6-15(19)2/h4-11,13H,3,12H2,1-2H3,(H,22,23)/b17-13-. The monoisotopic (exact) mass is 320 g/mol. The first-order valence-electron chi connectivity index (χ1n) is 7.85. The average Bonchev–Trinajstić information content (AvgIpc) is 2.60. The van der Waals surface area contributed by atoms with Gasteiger partial charge in [-0.2, -0.15) is 5.26 Å². The first-order chi connectivity index (χ1) is 11.6. The van der Waals surface area contributed by atoms with Crippen LogP contribution in [0.5, 0.6) is 5.75 Å². The van der Waals surface area contributed by atoms with Crippen LogP contribution in [0.1, 0.15) is 24.5 Å². The van der Waals surface area contributed by atoms with Crippen molar-refractivity contribution in [1.29, 1.82) is 5.26 Å². The lowest BCUT2D eigenvalue weighted by Crippen LogP contribution is -2.14.